The first-order valence-corrected chi connectivity index (χ1v) is 45.9. The third-order valence-corrected chi connectivity index (χ3v) is 49.8. The number of aromatic nitrogens is 2. The van der Waals surface area contributed by atoms with Crippen LogP contribution < -0.4 is 30.2 Å². The molecule has 2 aromatic heterocycles. The maximum Gasteiger partial charge on any atom is 0.147 e. The molecule has 0 bridgehead atoms. The van der Waals surface area contributed by atoms with Crippen LogP contribution in [0.2, 0.25) is 70.5 Å². The van der Waals surface area contributed by atoms with Crippen LogP contribution >= 0.6 is 0 Å². The summed E-state index contributed by atoms with van der Waals surface area (Å²) in [5.74, 6) is 0.163. The lowest BCUT2D eigenvalue weighted by atomic mass is 9.97. The molecular weight excluding hydrogens is 1240 g/mol. The van der Waals surface area contributed by atoms with E-state index < -0.39 is 43.9 Å². The molecule has 0 saturated carbocycles. The number of nitrogens with zero attached hydrogens (tertiary/aromatic N) is 2. The lowest BCUT2D eigenvalue weighted by Crippen LogP contribution is -2.50. The topological polar surface area (TPSA) is 68.8 Å². The van der Waals surface area contributed by atoms with Crippen molar-refractivity contribution in [2.24, 2.45) is 0 Å². The summed E-state index contributed by atoms with van der Waals surface area (Å²) >= 11 is 0. The van der Waals surface area contributed by atoms with Crippen LogP contribution in [0, 0.1) is 39.3 Å². The maximum absolute atomic E-state index is 16.1. The van der Waals surface area contributed by atoms with E-state index in [0.29, 0.717) is 107 Å². The van der Waals surface area contributed by atoms with Crippen LogP contribution in [0.3, 0.4) is 0 Å². The second kappa shape index (κ2) is 26.6. The number of aryl methyl sites for hydroxylation is 4. The lowest BCUT2D eigenvalue weighted by molar-refractivity contribution is 0.246. The molecule has 8 aromatic carbocycles. The Kier molecular flexibility index (Phi) is 19.9. The highest BCUT2D eigenvalue weighted by Crippen LogP contribution is 2.48. The van der Waals surface area contributed by atoms with Crippen LogP contribution in [0.1, 0.15) is 139 Å². The summed E-state index contributed by atoms with van der Waals surface area (Å²) in [5, 5.41) is 36.2. The van der Waals surface area contributed by atoms with Gasteiger partial charge in [0.1, 0.15) is 34.6 Å². The Labute approximate surface area is 571 Å². The van der Waals surface area contributed by atoms with Crippen LogP contribution in [0.25, 0.3) is 77.2 Å². The predicted octanol–water partition coefficient (Wildman–Crippen LogP) is 22.4. The van der Waals surface area contributed by atoms with Gasteiger partial charge in [0.15, 0.2) is 0 Å². The number of halogens is 2. The molecule has 12 heteroatoms. The van der Waals surface area contributed by atoms with Crippen molar-refractivity contribution in [2.75, 3.05) is 13.2 Å². The zero-order chi connectivity index (χ0) is 69.6. The molecule has 2 heterocycles. The van der Waals surface area contributed by atoms with Gasteiger partial charge < -0.3 is 28.8 Å². The minimum absolute atomic E-state index is 0.0437. The fourth-order valence-corrected chi connectivity index (χ4v) is 30.4. The molecular formula is C83H108F2N2O4Si4. The largest absolute Gasteiger partial charge is 0.505 e. The number of phenolic OH excluding ortho intramolecular Hbond substituents is 2. The quantitative estimate of drug-likeness (QED) is 0.0524. The summed E-state index contributed by atoms with van der Waals surface area (Å²) in [6.45, 7) is 56.1. The van der Waals surface area contributed by atoms with Crippen molar-refractivity contribution in [1.29, 1.82) is 0 Å². The van der Waals surface area contributed by atoms with Crippen molar-refractivity contribution in [1.82, 2.24) is 9.13 Å². The van der Waals surface area contributed by atoms with E-state index in [2.05, 4.69) is 231 Å². The highest BCUT2D eigenvalue weighted by Gasteiger charge is 2.41. The minimum Gasteiger partial charge on any atom is -0.505 e. The molecule has 95 heavy (non-hydrogen) atoms. The molecule has 0 radical (unpaired) electrons. The van der Waals surface area contributed by atoms with Crippen molar-refractivity contribution in [3.8, 4) is 56.6 Å². The van der Waals surface area contributed by atoms with E-state index in [1.54, 1.807) is 0 Å². The summed E-state index contributed by atoms with van der Waals surface area (Å²) in [7, 11) is -8.10. The Morgan fingerprint density at radius 3 is 0.842 bits per heavy atom. The third-order valence-electron chi connectivity index (χ3n) is 24.4. The first-order valence-electron chi connectivity index (χ1n) is 35.3. The average molecular weight is 1350 g/mol. The highest BCUT2D eigenvalue weighted by molar-refractivity contribution is 6.94. The highest BCUT2D eigenvalue weighted by atomic mass is 28.3. The number of phenols is 2. The van der Waals surface area contributed by atoms with Crippen LogP contribution in [0.5, 0.6) is 23.0 Å². The molecule has 2 N–H and O–H groups in total. The molecule has 0 aliphatic rings. The third kappa shape index (κ3) is 12.1. The van der Waals surface area contributed by atoms with Gasteiger partial charge in [0.2, 0.25) is 0 Å². The number of hydrogen-bond acceptors (Lipinski definition) is 4. The standard InChI is InChI=1S/C83H108F2N2O4Si4/c1-48(2)92(21,49(3)4)62-26-30-66-67-31-27-63(93(22,50(5)6)51(7)8)45-75(67)86(74(66)44-62)78-38-56(17)36-70(80(78)88)72-42-60(84)40-58(19)82(72)90-34-25-35-91-83-59(20)41-61(85)43-73(83)71-37-57(18)39-79(81(71)89)87-76-46-64(94(23,52(9)10)53(11)12)28-32-68(76)69-33-29-65(47-77(69)87)95(24,54(13)14)55(15)16/h26-33,36-55,88-89H,25,34-35H2,1-24H3. The van der Waals surface area contributed by atoms with E-state index >= 15 is 8.78 Å². The Morgan fingerprint density at radius 2 is 0.600 bits per heavy atom. The Balaban J connectivity index is 1.03. The van der Waals surface area contributed by atoms with Crippen molar-refractivity contribution in [2.45, 2.75) is 215 Å². The SMILES string of the molecule is Cc1cc(-c2cc(F)cc(C)c2OCCCOc2c(C)cc(F)cc2-c2cc(C)cc(-n3c4cc([Si](C)(C(C)C)C(C)C)ccc4c4ccc([Si](C)(C(C)C)C(C)C)cc43)c2O)c(O)c(-n2c3cc([Si](C)(C(C)C)C(C)C)ccc3c3ccc([Si](C)(C(C)C)C(C)C)cc32)c1. The molecule has 10 rings (SSSR count). The summed E-state index contributed by atoms with van der Waals surface area (Å²) < 4.78 is 50.3. The number of ether oxygens (including phenoxy) is 2. The first kappa shape index (κ1) is 71.1. The van der Waals surface area contributed by atoms with Gasteiger partial charge in [-0.1, -0.05) is 206 Å². The molecule has 0 amide bonds. The minimum atomic E-state index is -2.03. The van der Waals surface area contributed by atoms with Crippen LogP contribution in [0.4, 0.5) is 8.78 Å². The predicted molar refractivity (Wildman–Crippen MR) is 416 cm³/mol. The van der Waals surface area contributed by atoms with Crippen LogP contribution in [-0.2, 0) is 0 Å². The Morgan fingerprint density at radius 1 is 0.347 bits per heavy atom. The molecule has 504 valence electrons. The second-order valence-corrected chi connectivity index (χ2v) is 53.4. The lowest BCUT2D eigenvalue weighted by Gasteiger charge is -2.36. The number of rotatable bonds is 22. The number of benzene rings is 8. The molecule has 10 aromatic rings. The summed E-state index contributed by atoms with van der Waals surface area (Å²) in [5.41, 5.74) is 14.3. The maximum atomic E-state index is 16.1. The van der Waals surface area contributed by atoms with Crippen molar-refractivity contribution >= 4 is 96.7 Å². The molecule has 0 unspecified atom stereocenters. The van der Waals surface area contributed by atoms with Gasteiger partial charge in [0.25, 0.3) is 0 Å². The van der Waals surface area contributed by atoms with Gasteiger partial charge in [-0.2, -0.15) is 0 Å². The number of aromatic hydroxyl groups is 2. The van der Waals surface area contributed by atoms with Gasteiger partial charge in [0.05, 0.1) is 79.0 Å². The van der Waals surface area contributed by atoms with E-state index in [4.69, 9.17) is 9.47 Å². The van der Waals surface area contributed by atoms with E-state index in [0.717, 1.165) is 54.7 Å². The summed E-state index contributed by atoms with van der Waals surface area (Å²) in [4.78, 5) is 0. The van der Waals surface area contributed by atoms with Crippen molar-refractivity contribution in [3.63, 3.8) is 0 Å². The normalized spacial score (nSPS) is 13.1. The second-order valence-electron chi connectivity index (χ2n) is 31.6. The van der Waals surface area contributed by atoms with Gasteiger partial charge >= 0.3 is 0 Å². The van der Waals surface area contributed by atoms with Crippen LogP contribution in [-0.4, -0.2) is 64.9 Å². The van der Waals surface area contributed by atoms with Gasteiger partial charge in [-0.25, -0.2) is 8.78 Å². The van der Waals surface area contributed by atoms with Crippen LogP contribution in [0.15, 0.2) is 121 Å². The molecule has 0 aliphatic heterocycles. The number of hydrogen-bond donors (Lipinski definition) is 2. The summed E-state index contributed by atoms with van der Waals surface area (Å²) in [6.07, 6.45) is 0.411. The van der Waals surface area contributed by atoms with Gasteiger partial charge in [-0.15, -0.1) is 0 Å². The first-order chi connectivity index (χ1) is 44.5. The smallest absolute Gasteiger partial charge is 0.147 e. The molecule has 0 aliphatic carbocycles. The van der Waals surface area contributed by atoms with Gasteiger partial charge in [0, 0.05) is 50.2 Å². The monoisotopic (exact) mass is 1350 g/mol. The fraction of sp³-hybridized carbons (Fsp3) is 0.422. The van der Waals surface area contributed by atoms with E-state index in [1.807, 2.05) is 39.8 Å². The Bertz CT molecular complexity index is 4080. The van der Waals surface area contributed by atoms with E-state index in [9.17, 15) is 10.2 Å². The molecule has 0 fully saturated rings. The zero-order valence-corrected chi connectivity index (χ0v) is 65.6. The fourth-order valence-electron chi connectivity index (χ4n) is 16.2. The zero-order valence-electron chi connectivity index (χ0n) is 61.6. The number of fused-ring (bicyclic) bond motifs is 6. The van der Waals surface area contributed by atoms with Crippen molar-refractivity contribution < 1.29 is 28.5 Å². The van der Waals surface area contributed by atoms with E-state index in [-0.39, 0.29) is 24.7 Å². The molecule has 0 atom stereocenters. The van der Waals surface area contributed by atoms with Gasteiger partial charge in [-0.3, -0.25) is 0 Å². The van der Waals surface area contributed by atoms with Crippen molar-refractivity contribution in [3.05, 3.63) is 155 Å². The van der Waals surface area contributed by atoms with E-state index in [1.165, 1.54) is 45.0 Å². The molecule has 0 spiro atoms. The average Bonchev–Trinajstić information content (AvgIpc) is 1.59. The Hall–Kier alpha value is -6.71. The molecule has 0 saturated heterocycles. The van der Waals surface area contributed by atoms with Gasteiger partial charge in [-0.05, 0) is 167 Å². The molecule has 6 nitrogen and oxygen atoms in total. The summed E-state index contributed by atoms with van der Waals surface area (Å²) in [6, 6.07) is 42.3.